The van der Waals surface area contributed by atoms with Gasteiger partial charge in [-0.3, -0.25) is 4.79 Å². The number of sulfonamides is 4. The van der Waals surface area contributed by atoms with Crippen molar-refractivity contribution < 1.29 is 38.5 Å². The first-order chi connectivity index (χ1) is 48.2. The number of carbonyl (C=O) groups excluding carboxylic acids is 1. The van der Waals surface area contributed by atoms with Crippen molar-refractivity contribution in [1.29, 1.82) is 21.0 Å². The van der Waals surface area contributed by atoms with E-state index in [0.717, 1.165) is 67.6 Å². The van der Waals surface area contributed by atoms with E-state index in [1.54, 1.807) is 165 Å². The summed E-state index contributed by atoms with van der Waals surface area (Å²) in [7, 11) is -7.17. The predicted molar refractivity (Wildman–Crippen MR) is 382 cm³/mol. The standard InChI is InChI=1S/C19H20N4O3S.C19H22N4O2S.C18H20N4O2S.C17H17N3O2S/c1-14(24)22(2)17-10-11-23(13-17)27(25,26)19-5-3-4-18(21-19)16-8-6-15(12-20)7-9-16;1-22-12-10-17(11-13-22)23(2)26(24,25)19-5-3-4-18(21-19)16-8-6-15(14-20)7-9-16;1-21-10-3-11-22(13-12-21)25(23,24)18-5-2-4-17(20-18)16-8-6-15(14-19)7-9-16;1-13-9-10-20(12-13)23(21,22)17-4-2-3-16(19-17)15-7-5-14(11-18)6-8-15/h3-9,17H,10-11,13H2,1-2H3;3-9,17H,10-13H2,1-2H3;2,4-9H,3,10-13H2,1H3;2-8,13H,9-10,12H2,1H3. The molecule has 4 fully saturated rings. The quantitative estimate of drug-likeness (QED) is 0.0981. The molecule has 8 heterocycles. The molecule has 524 valence electrons. The molecule has 24 nitrogen and oxygen atoms in total. The van der Waals surface area contributed by atoms with Crippen molar-refractivity contribution in [1.82, 2.24) is 51.9 Å². The van der Waals surface area contributed by atoms with E-state index >= 15 is 0 Å². The highest BCUT2D eigenvalue weighted by Crippen LogP contribution is 2.30. The van der Waals surface area contributed by atoms with Crippen LogP contribution in [-0.2, 0) is 44.9 Å². The summed E-state index contributed by atoms with van der Waals surface area (Å²) in [5.41, 5.74) is 7.56. The fraction of sp³-hybridized carbons (Fsp3) is 0.329. The highest BCUT2D eigenvalue weighted by atomic mass is 32.2. The zero-order valence-corrected chi connectivity index (χ0v) is 60.3. The largest absolute Gasteiger partial charge is 0.342 e. The van der Waals surface area contributed by atoms with E-state index in [2.05, 4.69) is 54.9 Å². The lowest BCUT2D eigenvalue weighted by molar-refractivity contribution is -0.129. The number of amides is 1. The van der Waals surface area contributed by atoms with E-state index in [4.69, 9.17) is 21.0 Å². The normalized spacial score (nSPS) is 17.4. The van der Waals surface area contributed by atoms with E-state index < -0.39 is 40.1 Å². The van der Waals surface area contributed by atoms with Crippen molar-refractivity contribution in [3.63, 3.8) is 0 Å². The molecule has 1 amide bonds. The molecule has 4 saturated heterocycles. The molecule has 4 aromatic heterocycles. The SMILES string of the molecule is CC(=O)N(C)C1CCN(S(=O)(=O)c2cccc(-c3ccc(C#N)cc3)n2)C1.CC1CCN(S(=O)(=O)c2cccc(-c3ccc(C#N)cc3)n2)C1.CN1CCC(N(C)S(=O)(=O)c2cccc(-c3ccc(C#N)cc3)n2)CC1.CN1CCCN(S(=O)(=O)c2cccc(-c3ccc(C#N)cc3)n2)CC1. The highest BCUT2D eigenvalue weighted by Gasteiger charge is 2.37. The van der Waals surface area contributed by atoms with Crippen LogP contribution in [0.4, 0.5) is 0 Å². The van der Waals surface area contributed by atoms with E-state index in [1.165, 1.54) is 48.4 Å². The van der Waals surface area contributed by atoms with Crippen LogP contribution < -0.4 is 0 Å². The third-order valence-corrected chi connectivity index (χ3v) is 25.2. The Hall–Kier alpha value is -9.53. The Bertz CT molecular complexity index is 4890. The molecule has 4 aromatic carbocycles. The van der Waals surface area contributed by atoms with E-state index in [1.807, 2.05) is 20.2 Å². The fourth-order valence-electron chi connectivity index (χ4n) is 11.7. The molecule has 8 aromatic rings. The number of piperidine rings is 1. The number of pyridine rings is 4. The van der Waals surface area contributed by atoms with Crippen molar-refractivity contribution in [2.45, 2.75) is 78.1 Å². The van der Waals surface area contributed by atoms with Gasteiger partial charge in [0.2, 0.25) is 5.91 Å². The summed E-state index contributed by atoms with van der Waals surface area (Å²) >= 11 is 0. The second-order valence-corrected chi connectivity index (χ2v) is 32.6. The number of benzene rings is 4. The number of aromatic nitrogens is 4. The molecule has 0 saturated carbocycles. The zero-order chi connectivity index (χ0) is 72.7. The third kappa shape index (κ3) is 18.9. The minimum Gasteiger partial charge on any atom is -0.342 e. The number of likely N-dealkylation sites (tertiary alicyclic amines) is 1. The molecule has 28 heteroatoms. The molecule has 0 spiro atoms. The summed E-state index contributed by atoms with van der Waals surface area (Å²) in [5.74, 6) is 0.298. The van der Waals surface area contributed by atoms with Gasteiger partial charge < -0.3 is 14.7 Å². The van der Waals surface area contributed by atoms with Gasteiger partial charge >= 0.3 is 0 Å². The van der Waals surface area contributed by atoms with Gasteiger partial charge in [0.25, 0.3) is 40.1 Å². The maximum absolute atomic E-state index is 13.0. The molecule has 0 N–H and O–H groups in total. The Kier molecular flexibility index (Phi) is 25.3. The Morgan fingerprint density at radius 2 is 0.743 bits per heavy atom. The van der Waals surface area contributed by atoms with Gasteiger partial charge in [0.05, 0.1) is 69.3 Å². The lowest BCUT2D eigenvalue weighted by atomic mass is 10.1. The Balaban J connectivity index is 0.000000157. The molecular formula is C73H79N15O9S4. The summed E-state index contributed by atoms with van der Waals surface area (Å²) in [6.45, 7) is 9.62. The van der Waals surface area contributed by atoms with Crippen LogP contribution in [-0.4, -0.2) is 197 Å². The van der Waals surface area contributed by atoms with Gasteiger partial charge in [0.1, 0.15) is 0 Å². The monoisotopic (exact) mass is 1440 g/mol. The van der Waals surface area contributed by atoms with Gasteiger partial charge in [-0.2, -0.15) is 38.3 Å². The molecule has 2 atom stereocenters. The molecule has 0 aliphatic carbocycles. The van der Waals surface area contributed by atoms with Crippen LogP contribution in [0.25, 0.3) is 45.0 Å². The van der Waals surface area contributed by atoms with Gasteiger partial charge in [-0.15, -0.1) is 0 Å². The first-order valence-electron chi connectivity index (χ1n) is 32.7. The second-order valence-electron chi connectivity index (χ2n) is 25.0. The summed E-state index contributed by atoms with van der Waals surface area (Å²) in [6, 6.07) is 55.7. The third-order valence-electron chi connectivity index (χ3n) is 18.0. The van der Waals surface area contributed by atoms with Crippen molar-refractivity contribution in [2.75, 3.05) is 93.6 Å². The average Bonchev–Trinajstić information content (AvgIpc) is 1.35. The van der Waals surface area contributed by atoms with Crippen LogP contribution in [0.1, 0.15) is 68.2 Å². The Morgan fingerprint density at radius 3 is 1.11 bits per heavy atom. The number of hydrogen-bond acceptors (Lipinski definition) is 19. The predicted octanol–water partition coefficient (Wildman–Crippen LogP) is 8.79. The van der Waals surface area contributed by atoms with E-state index in [0.29, 0.717) is 96.6 Å². The first-order valence-corrected chi connectivity index (χ1v) is 38.5. The molecule has 2 unspecified atom stereocenters. The summed E-state index contributed by atoms with van der Waals surface area (Å²) in [6.07, 6.45) is 3.94. The Morgan fingerprint density at radius 1 is 0.406 bits per heavy atom. The number of likely N-dealkylation sites (N-methyl/N-ethyl adjacent to an activating group) is 2. The molecule has 4 aliphatic heterocycles. The minimum atomic E-state index is -3.74. The topological polar surface area (TPSA) is 323 Å². The van der Waals surface area contributed by atoms with Crippen LogP contribution in [0.5, 0.6) is 0 Å². The van der Waals surface area contributed by atoms with Crippen molar-refractivity contribution in [2.24, 2.45) is 5.92 Å². The summed E-state index contributed by atoms with van der Waals surface area (Å²) in [4.78, 5) is 34.9. The molecular weight excluding hydrogens is 1360 g/mol. The molecule has 0 radical (unpaired) electrons. The molecule has 101 heavy (non-hydrogen) atoms. The average molecular weight is 1440 g/mol. The second kappa shape index (κ2) is 33.8. The van der Waals surface area contributed by atoms with Crippen LogP contribution in [0, 0.1) is 51.2 Å². The summed E-state index contributed by atoms with van der Waals surface area (Å²) < 4.78 is 109. The van der Waals surface area contributed by atoms with Gasteiger partial charge in [-0.05, 0) is 169 Å². The van der Waals surface area contributed by atoms with Gasteiger partial charge in [0, 0.05) is 101 Å². The number of hydrogen-bond donors (Lipinski definition) is 0. The maximum Gasteiger partial charge on any atom is 0.260 e. The van der Waals surface area contributed by atoms with Gasteiger partial charge in [0.15, 0.2) is 20.1 Å². The molecule has 4 aliphatic rings. The van der Waals surface area contributed by atoms with E-state index in [9.17, 15) is 38.5 Å². The lowest BCUT2D eigenvalue weighted by Crippen LogP contribution is -2.44. The Labute approximate surface area is 592 Å². The van der Waals surface area contributed by atoms with Crippen LogP contribution in [0.15, 0.2) is 190 Å². The van der Waals surface area contributed by atoms with Crippen molar-refractivity contribution in [3.05, 3.63) is 192 Å². The number of nitrogens with zero attached hydrogens (tertiary/aromatic N) is 15. The van der Waals surface area contributed by atoms with Crippen LogP contribution in [0.3, 0.4) is 0 Å². The molecule has 0 bridgehead atoms. The van der Waals surface area contributed by atoms with Crippen LogP contribution in [0.2, 0.25) is 0 Å². The number of carbonyl (C=O) groups is 1. The summed E-state index contributed by atoms with van der Waals surface area (Å²) in [5, 5.41) is 35.7. The van der Waals surface area contributed by atoms with Gasteiger partial charge in [-0.1, -0.05) is 79.7 Å². The number of nitriles is 4. The first kappa shape index (κ1) is 75.7. The van der Waals surface area contributed by atoms with E-state index in [-0.39, 0.29) is 44.6 Å². The van der Waals surface area contributed by atoms with Crippen LogP contribution >= 0.6 is 0 Å². The fourth-order valence-corrected chi connectivity index (χ4v) is 17.5. The number of rotatable bonds is 14. The zero-order valence-electron chi connectivity index (χ0n) is 57.0. The molecule has 12 rings (SSSR count). The van der Waals surface area contributed by atoms with Crippen molar-refractivity contribution in [3.8, 4) is 69.3 Å². The highest BCUT2D eigenvalue weighted by molar-refractivity contribution is 7.89. The maximum atomic E-state index is 13.0. The van der Waals surface area contributed by atoms with Gasteiger partial charge in [-0.25, -0.2) is 53.6 Å². The lowest BCUT2D eigenvalue weighted by Gasteiger charge is -2.34. The van der Waals surface area contributed by atoms with Crippen molar-refractivity contribution >= 4 is 46.0 Å². The minimum absolute atomic E-state index is 0.00318. The smallest absolute Gasteiger partial charge is 0.260 e.